The van der Waals surface area contributed by atoms with Crippen LogP contribution >= 0.6 is 0 Å². The molecule has 1 nitrogen and oxygen atoms in total. The summed E-state index contributed by atoms with van der Waals surface area (Å²) < 4.78 is 0. The molecule has 0 saturated heterocycles. The maximum absolute atomic E-state index is 8.81. The van der Waals surface area contributed by atoms with E-state index in [1.807, 2.05) is 0 Å². The number of hydrogen-bond donors (Lipinski definition) is 0. The maximum Gasteiger partial charge on any atom is 0.0658 e. The lowest BCUT2D eigenvalue weighted by Crippen LogP contribution is -2.06. The molecule has 46 heavy (non-hydrogen) atoms. The zero-order chi connectivity index (χ0) is 36.7. The molecule has 0 aromatic carbocycles. The fraction of sp³-hybridized carbons (Fsp3) is 0.889. The van der Waals surface area contributed by atoms with Gasteiger partial charge < -0.3 is 0 Å². The quantitative estimate of drug-likeness (QED) is 0.0958. The van der Waals surface area contributed by atoms with E-state index >= 15 is 0 Å². The van der Waals surface area contributed by atoms with E-state index in [0.29, 0.717) is 17.8 Å². The molecule has 0 aliphatic rings. The molecule has 0 aromatic heterocycles. The molecule has 1 heteroatoms. The Morgan fingerprint density at radius 3 is 0.957 bits per heavy atom. The van der Waals surface area contributed by atoms with E-state index < -0.39 is 0 Å². The molecule has 272 valence electrons. The van der Waals surface area contributed by atoms with Crippen LogP contribution in [-0.4, -0.2) is 0 Å². The normalized spacial score (nSPS) is 11.8. The van der Waals surface area contributed by atoms with E-state index in [-0.39, 0.29) is 5.92 Å². The summed E-state index contributed by atoms with van der Waals surface area (Å²) in [5.74, 6) is 13.2. The third-order valence-corrected chi connectivity index (χ3v) is 8.25. The van der Waals surface area contributed by atoms with Crippen molar-refractivity contribution < 1.29 is 0 Å². The minimum Gasteiger partial charge on any atom is -0.198 e. The van der Waals surface area contributed by atoms with Crippen molar-refractivity contribution in [2.45, 2.75) is 194 Å². The summed E-state index contributed by atoms with van der Waals surface area (Å²) in [7, 11) is 0. The number of nitrogens with zero attached hydrogens (tertiary/aromatic N) is 1. The molecular weight excluding hydrogens is 555 g/mol. The first-order valence-electron chi connectivity index (χ1n) is 19.6. The Labute approximate surface area is 294 Å². The summed E-state index contributed by atoms with van der Waals surface area (Å²) in [5, 5.41) is 8.81. The van der Waals surface area contributed by atoms with Crippen LogP contribution in [0.4, 0.5) is 0 Å². The number of unbranched alkanes of at least 4 members (excludes halogenated alkanes) is 1. The zero-order valence-corrected chi connectivity index (χ0v) is 34.6. The van der Waals surface area contributed by atoms with Crippen molar-refractivity contribution >= 4 is 0 Å². The lowest BCUT2D eigenvalue weighted by Gasteiger charge is -2.14. The van der Waals surface area contributed by atoms with Crippen LogP contribution < -0.4 is 0 Å². The standard InChI is InChI=1S/C13H24.C11H21N.C11H20.C10H22/c1-6-13(9-7-11(2)3)10-8-12(4)5;1-9(2)6-5-7-11(8-12)10(3)4;1-6-11(7-9(2)3)8-10(4)5;1-9(2)7-5-6-8-10(3)4/h1,11-13H,7-10H2,2-5H3;9-11H,5-7H2,1-4H3;1,9-11H,7-8H2,2-5H3;9-10H,5-8H2,1-4H3. The van der Waals surface area contributed by atoms with Gasteiger partial charge in [0, 0.05) is 17.8 Å². The van der Waals surface area contributed by atoms with Crippen LogP contribution in [0.25, 0.3) is 0 Å². The van der Waals surface area contributed by atoms with E-state index in [9.17, 15) is 0 Å². The largest absolute Gasteiger partial charge is 0.198 e. The second-order valence-corrected chi connectivity index (χ2v) is 17.3. The Balaban J connectivity index is -0.000000257. The van der Waals surface area contributed by atoms with Gasteiger partial charge in [0.1, 0.15) is 0 Å². The highest BCUT2D eigenvalue weighted by atomic mass is 14.3. The van der Waals surface area contributed by atoms with Crippen molar-refractivity contribution in [2.75, 3.05) is 0 Å². The van der Waals surface area contributed by atoms with Crippen LogP contribution in [-0.2, 0) is 0 Å². The molecule has 0 rings (SSSR count). The lowest BCUT2D eigenvalue weighted by atomic mass is 9.90. The number of rotatable bonds is 20. The Morgan fingerprint density at radius 1 is 0.391 bits per heavy atom. The maximum atomic E-state index is 8.81. The third-order valence-electron chi connectivity index (χ3n) is 8.25. The summed E-state index contributed by atoms with van der Waals surface area (Å²) >= 11 is 0. The lowest BCUT2D eigenvalue weighted by molar-refractivity contribution is 0.410. The molecule has 0 amide bonds. The average Bonchev–Trinajstić information content (AvgIpc) is 2.93. The van der Waals surface area contributed by atoms with E-state index in [0.717, 1.165) is 47.8 Å². The molecule has 0 aromatic rings. The van der Waals surface area contributed by atoms with Crippen molar-refractivity contribution in [3.05, 3.63) is 0 Å². The van der Waals surface area contributed by atoms with Crippen LogP contribution in [0, 0.1) is 101 Å². The summed E-state index contributed by atoms with van der Waals surface area (Å²) in [6.45, 7) is 35.9. The highest BCUT2D eigenvalue weighted by molar-refractivity contribution is 4.94. The molecule has 1 atom stereocenters. The van der Waals surface area contributed by atoms with Gasteiger partial charge in [-0.25, -0.2) is 0 Å². The molecule has 0 N–H and O–H groups in total. The molecule has 0 aliphatic heterocycles. The average molecular weight is 642 g/mol. The molecule has 0 fully saturated rings. The number of nitriles is 1. The smallest absolute Gasteiger partial charge is 0.0658 e. The topological polar surface area (TPSA) is 23.8 Å². The fourth-order valence-corrected chi connectivity index (χ4v) is 5.15. The van der Waals surface area contributed by atoms with E-state index in [1.165, 1.54) is 77.0 Å². The Morgan fingerprint density at radius 2 is 0.717 bits per heavy atom. The number of terminal acetylenes is 2. The van der Waals surface area contributed by atoms with Gasteiger partial charge >= 0.3 is 0 Å². The van der Waals surface area contributed by atoms with Gasteiger partial charge in [-0.15, -0.1) is 24.7 Å². The first-order chi connectivity index (χ1) is 21.3. The minimum absolute atomic E-state index is 0.267. The summed E-state index contributed by atoms with van der Waals surface area (Å²) in [6.07, 6.45) is 27.4. The second-order valence-electron chi connectivity index (χ2n) is 17.3. The molecule has 0 aliphatic carbocycles. The molecule has 0 bridgehead atoms. The third kappa shape index (κ3) is 47.0. The Kier molecular flexibility index (Phi) is 39.1. The molecule has 0 saturated carbocycles. The van der Waals surface area contributed by atoms with E-state index in [2.05, 4.69) is 129 Å². The van der Waals surface area contributed by atoms with Crippen LogP contribution in [0.5, 0.6) is 0 Å². The van der Waals surface area contributed by atoms with Crippen LogP contribution in [0.1, 0.15) is 194 Å². The van der Waals surface area contributed by atoms with E-state index in [1.54, 1.807) is 0 Å². The highest BCUT2D eigenvalue weighted by Gasteiger charge is 2.12. The van der Waals surface area contributed by atoms with Crippen LogP contribution in [0.3, 0.4) is 0 Å². The minimum atomic E-state index is 0.267. The fourth-order valence-electron chi connectivity index (χ4n) is 5.15. The van der Waals surface area contributed by atoms with Crippen molar-refractivity contribution in [1.82, 2.24) is 0 Å². The van der Waals surface area contributed by atoms with Crippen molar-refractivity contribution in [3.8, 4) is 30.8 Å². The zero-order valence-electron chi connectivity index (χ0n) is 34.6. The monoisotopic (exact) mass is 642 g/mol. The second kappa shape index (κ2) is 34.9. The molecular formula is C45H87N. The van der Waals surface area contributed by atoms with Gasteiger partial charge in [-0.1, -0.05) is 149 Å². The van der Waals surface area contributed by atoms with Crippen molar-refractivity contribution in [1.29, 1.82) is 5.26 Å². The predicted octanol–water partition coefficient (Wildman–Crippen LogP) is 14.9. The highest BCUT2D eigenvalue weighted by Crippen LogP contribution is 2.20. The van der Waals surface area contributed by atoms with Gasteiger partial charge in [-0.05, 0) is 92.3 Å². The van der Waals surface area contributed by atoms with Crippen LogP contribution in [0.15, 0.2) is 0 Å². The van der Waals surface area contributed by atoms with Gasteiger partial charge in [0.05, 0.1) is 6.07 Å². The SMILES string of the molecule is C#CC(CC(C)C)CC(C)C.C#CC(CCC(C)C)CCC(C)C.CC(C)CCCC(C#N)C(C)C.CC(C)CCCCC(C)C. The van der Waals surface area contributed by atoms with Gasteiger partial charge in [0.15, 0.2) is 0 Å². The van der Waals surface area contributed by atoms with Gasteiger partial charge in [0.25, 0.3) is 0 Å². The van der Waals surface area contributed by atoms with Gasteiger partial charge in [-0.2, -0.15) is 5.26 Å². The van der Waals surface area contributed by atoms with Crippen molar-refractivity contribution in [2.24, 2.45) is 65.1 Å². The van der Waals surface area contributed by atoms with E-state index in [4.69, 9.17) is 18.1 Å². The molecule has 1 unspecified atom stereocenters. The molecule has 0 heterocycles. The van der Waals surface area contributed by atoms with Gasteiger partial charge in [0.2, 0.25) is 0 Å². The van der Waals surface area contributed by atoms with Crippen LogP contribution in [0.2, 0.25) is 0 Å². The summed E-state index contributed by atoms with van der Waals surface area (Å²) in [5.41, 5.74) is 0. The Bertz CT molecular complexity index is 698. The summed E-state index contributed by atoms with van der Waals surface area (Å²) in [6, 6.07) is 2.38. The van der Waals surface area contributed by atoms with Crippen molar-refractivity contribution in [3.63, 3.8) is 0 Å². The van der Waals surface area contributed by atoms with Gasteiger partial charge in [-0.3, -0.25) is 0 Å². The first kappa shape index (κ1) is 51.4. The summed E-state index contributed by atoms with van der Waals surface area (Å²) in [4.78, 5) is 0. The Hall–Kier alpha value is -1.39. The predicted molar refractivity (Wildman–Crippen MR) is 212 cm³/mol. The molecule has 0 spiro atoms. The first-order valence-corrected chi connectivity index (χ1v) is 19.6. The molecule has 0 radical (unpaired) electrons. The number of hydrogen-bond acceptors (Lipinski definition) is 1.